The van der Waals surface area contributed by atoms with Crippen LogP contribution in [0.3, 0.4) is 0 Å². The smallest absolute Gasteiger partial charge is 0.165 e. The first kappa shape index (κ1) is 27.9. The lowest BCUT2D eigenvalue weighted by Gasteiger charge is -2.13. The van der Waals surface area contributed by atoms with Gasteiger partial charge in [0, 0.05) is 34.4 Å². The molecule has 198 valence electrons. The van der Waals surface area contributed by atoms with E-state index in [9.17, 15) is 14.4 Å². The van der Waals surface area contributed by atoms with Crippen LogP contribution in [0.4, 0.5) is 0 Å². The zero-order valence-electron chi connectivity index (χ0n) is 23.6. The van der Waals surface area contributed by atoms with E-state index in [0.717, 1.165) is 33.4 Å². The molecule has 0 radical (unpaired) electrons. The highest BCUT2D eigenvalue weighted by Gasteiger charge is 2.14. The van der Waals surface area contributed by atoms with Gasteiger partial charge in [0.15, 0.2) is 17.3 Å². The van der Waals surface area contributed by atoms with Gasteiger partial charge in [-0.15, -0.1) is 0 Å². The van der Waals surface area contributed by atoms with Gasteiger partial charge < -0.3 is 0 Å². The number of hydrogen-bond acceptors (Lipinski definition) is 3. The standard InChI is InChI=1S/C36H36O3/c1-22(2)34(37)28-13-7-25(8-14-28)31-19-32(26-9-15-29(16-10-26)35(38)23(3)4)21-33(20-31)27-11-17-30(18-12-27)36(39)24(5)6/h7-24H,1-6H3. The quantitative estimate of drug-likeness (QED) is 0.208. The first-order valence-electron chi connectivity index (χ1n) is 13.6. The average Bonchev–Trinajstić information content (AvgIpc) is 2.95. The van der Waals surface area contributed by atoms with Gasteiger partial charge in [-0.1, -0.05) is 114 Å². The first-order valence-corrected chi connectivity index (χ1v) is 13.6. The van der Waals surface area contributed by atoms with Crippen LogP contribution in [0.1, 0.15) is 72.6 Å². The Morgan fingerprint density at radius 1 is 0.359 bits per heavy atom. The van der Waals surface area contributed by atoms with Crippen LogP contribution in [0.25, 0.3) is 33.4 Å². The Kier molecular flexibility index (Phi) is 8.40. The Hall–Kier alpha value is -4.11. The zero-order valence-corrected chi connectivity index (χ0v) is 23.6. The predicted molar refractivity (Wildman–Crippen MR) is 160 cm³/mol. The SMILES string of the molecule is CC(C)C(=O)c1ccc(-c2cc(-c3ccc(C(=O)C(C)C)cc3)cc(-c3ccc(C(=O)C(C)C)cc3)c2)cc1. The molecular formula is C36H36O3. The molecule has 0 N–H and O–H groups in total. The van der Waals surface area contributed by atoms with Gasteiger partial charge in [0.05, 0.1) is 0 Å². The Morgan fingerprint density at radius 2 is 0.564 bits per heavy atom. The average molecular weight is 517 g/mol. The zero-order chi connectivity index (χ0) is 28.3. The van der Waals surface area contributed by atoms with Crippen molar-refractivity contribution in [3.8, 4) is 33.4 Å². The predicted octanol–water partition coefficient (Wildman–Crippen LogP) is 9.20. The molecule has 39 heavy (non-hydrogen) atoms. The normalized spacial score (nSPS) is 11.3. The Morgan fingerprint density at radius 3 is 0.744 bits per heavy atom. The fourth-order valence-corrected chi connectivity index (χ4v) is 4.61. The molecule has 3 heteroatoms. The van der Waals surface area contributed by atoms with Gasteiger partial charge >= 0.3 is 0 Å². The van der Waals surface area contributed by atoms with Crippen LogP contribution in [-0.4, -0.2) is 17.3 Å². The summed E-state index contributed by atoms with van der Waals surface area (Å²) in [4.78, 5) is 37.4. The van der Waals surface area contributed by atoms with Crippen LogP contribution < -0.4 is 0 Å². The molecule has 4 aromatic carbocycles. The van der Waals surface area contributed by atoms with Gasteiger partial charge in [0.1, 0.15) is 0 Å². The van der Waals surface area contributed by atoms with Crippen LogP contribution in [0.15, 0.2) is 91.0 Å². The number of Topliss-reactive ketones (excluding diaryl/α,β-unsaturated/α-hetero) is 3. The van der Waals surface area contributed by atoms with E-state index in [1.54, 1.807) is 0 Å². The third kappa shape index (κ3) is 6.31. The van der Waals surface area contributed by atoms with E-state index in [0.29, 0.717) is 16.7 Å². The summed E-state index contributed by atoms with van der Waals surface area (Å²) in [7, 11) is 0. The molecule has 0 aliphatic carbocycles. The van der Waals surface area contributed by atoms with Gasteiger partial charge in [0.2, 0.25) is 0 Å². The maximum atomic E-state index is 12.5. The van der Waals surface area contributed by atoms with Crippen LogP contribution in [0.2, 0.25) is 0 Å². The Bertz CT molecular complexity index is 1290. The lowest BCUT2D eigenvalue weighted by atomic mass is 9.91. The number of hydrogen-bond donors (Lipinski definition) is 0. The fourth-order valence-electron chi connectivity index (χ4n) is 4.61. The molecule has 0 saturated heterocycles. The van der Waals surface area contributed by atoms with Gasteiger partial charge in [-0.25, -0.2) is 0 Å². The largest absolute Gasteiger partial charge is 0.294 e. The van der Waals surface area contributed by atoms with E-state index in [4.69, 9.17) is 0 Å². The first-order chi connectivity index (χ1) is 18.5. The third-order valence-corrected chi connectivity index (χ3v) is 7.01. The molecule has 0 atom stereocenters. The molecule has 0 heterocycles. The minimum Gasteiger partial charge on any atom is -0.294 e. The highest BCUT2D eigenvalue weighted by molar-refractivity contribution is 5.99. The van der Waals surface area contributed by atoms with Crippen molar-refractivity contribution >= 4 is 17.3 Å². The second kappa shape index (κ2) is 11.7. The summed E-state index contributed by atoms with van der Waals surface area (Å²) in [5.41, 5.74) is 8.23. The molecule has 0 aliphatic rings. The summed E-state index contributed by atoms with van der Waals surface area (Å²) in [6.07, 6.45) is 0. The van der Waals surface area contributed by atoms with Crippen LogP contribution in [0.5, 0.6) is 0 Å². The molecule has 0 amide bonds. The number of ketones is 3. The van der Waals surface area contributed by atoms with E-state index < -0.39 is 0 Å². The van der Waals surface area contributed by atoms with Crippen molar-refractivity contribution in [2.45, 2.75) is 41.5 Å². The Labute approximate surface area is 231 Å². The monoisotopic (exact) mass is 516 g/mol. The summed E-state index contributed by atoms with van der Waals surface area (Å²) >= 11 is 0. The van der Waals surface area contributed by atoms with Gasteiger partial charge in [0.25, 0.3) is 0 Å². The molecule has 0 aliphatic heterocycles. The van der Waals surface area contributed by atoms with E-state index in [1.807, 2.05) is 114 Å². The van der Waals surface area contributed by atoms with Gasteiger partial charge in [-0.3, -0.25) is 14.4 Å². The van der Waals surface area contributed by atoms with Gasteiger partial charge in [-0.05, 0) is 51.6 Å². The van der Waals surface area contributed by atoms with Crippen molar-refractivity contribution in [2.75, 3.05) is 0 Å². The van der Waals surface area contributed by atoms with Crippen molar-refractivity contribution in [1.29, 1.82) is 0 Å². The topological polar surface area (TPSA) is 51.2 Å². The van der Waals surface area contributed by atoms with E-state index in [-0.39, 0.29) is 35.1 Å². The Balaban J connectivity index is 1.79. The van der Waals surface area contributed by atoms with Gasteiger partial charge in [-0.2, -0.15) is 0 Å². The highest BCUT2D eigenvalue weighted by Crippen LogP contribution is 2.34. The fraction of sp³-hybridized carbons (Fsp3) is 0.250. The molecule has 0 spiro atoms. The lowest BCUT2D eigenvalue weighted by molar-refractivity contribution is 0.0932. The summed E-state index contributed by atoms with van der Waals surface area (Å²) < 4.78 is 0. The summed E-state index contributed by atoms with van der Waals surface area (Å²) in [5, 5.41) is 0. The van der Waals surface area contributed by atoms with Crippen LogP contribution >= 0.6 is 0 Å². The number of carbonyl (C=O) groups is 3. The lowest BCUT2D eigenvalue weighted by Crippen LogP contribution is -2.07. The molecule has 0 saturated carbocycles. The minimum atomic E-state index is -0.0538. The molecule has 4 rings (SSSR count). The highest BCUT2D eigenvalue weighted by atomic mass is 16.1. The number of carbonyl (C=O) groups excluding carboxylic acids is 3. The third-order valence-electron chi connectivity index (χ3n) is 7.01. The molecule has 0 aromatic heterocycles. The van der Waals surface area contributed by atoms with Crippen molar-refractivity contribution in [1.82, 2.24) is 0 Å². The van der Waals surface area contributed by atoms with E-state index in [1.165, 1.54) is 0 Å². The molecule has 0 bridgehead atoms. The van der Waals surface area contributed by atoms with Crippen molar-refractivity contribution in [2.24, 2.45) is 17.8 Å². The molecule has 4 aromatic rings. The second-order valence-electron chi connectivity index (χ2n) is 11.1. The number of rotatable bonds is 9. The van der Waals surface area contributed by atoms with Crippen molar-refractivity contribution in [3.05, 3.63) is 108 Å². The molecule has 0 unspecified atom stereocenters. The molecule has 3 nitrogen and oxygen atoms in total. The summed E-state index contributed by atoms with van der Waals surface area (Å²) in [5.74, 6) is 0.222. The summed E-state index contributed by atoms with van der Waals surface area (Å²) in [6.45, 7) is 11.5. The van der Waals surface area contributed by atoms with E-state index in [2.05, 4.69) is 18.2 Å². The van der Waals surface area contributed by atoms with Crippen LogP contribution in [-0.2, 0) is 0 Å². The van der Waals surface area contributed by atoms with Crippen molar-refractivity contribution in [3.63, 3.8) is 0 Å². The maximum absolute atomic E-state index is 12.5. The van der Waals surface area contributed by atoms with E-state index >= 15 is 0 Å². The number of benzene rings is 4. The molecule has 0 fully saturated rings. The maximum Gasteiger partial charge on any atom is 0.165 e. The van der Waals surface area contributed by atoms with Crippen molar-refractivity contribution < 1.29 is 14.4 Å². The summed E-state index contributed by atoms with van der Waals surface area (Å²) in [6, 6.07) is 29.7. The van der Waals surface area contributed by atoms with Crippen LogP contribution in [0, 0.1) is 17.8 Å². The second-order valence-corrected chi connectivity index (χ2v) is 11.1. The minimum absolute atomic E-state index is 0.0538. The molecular weight excluding hydrogens is 480 g/mol.